The molecule has 2 aromatic rings. The van der Waals surface area contributed by atoms with E-state index in [1.54, 1.807) is 0 Å². The quantitative estimate of drug-likeness (QED) is 0.701. The topological polar surface area (TPSA) is 102 Å². The number of hydrogen-bond acceptors (Lipinski definition) is 9. The van der Waals surface area contributed by atoms with Crippen LogP contribution in [0.3, 0.4) is 0 Å². The molecular weight excluding hydrogens is 430 g/mol. The molecule has 4 aliphatic rings. The van der Waals surface area contributed by atoms with Crippen LogP contribution in [0.15, 0.2) is 18.3 Å². The largest absolute Gasteiger partial charge is 0.355 e. The molecule has 6 rings (SSSR count). The van der Waals surface area contributed by atoms with Crippen LogP contribution in [-0.4, -0.2) is 82.3 Å². The number of amides is 1. The second-order valence-corrected chi connectivity index (χ2v) is 10.4. The van der Waals surface area contributed by atoms with Gasteiger partial charge in [0.2, 0.25) is 11.9 Å². The monoisotopic (exact) mass is 463 g/mol. The summed E-state index contributed by atoms with van der Waals surface area (Å²) in [5.41, 5.74) is 1.03. The van der Waals surface area contributed by atoms with Gasteiger partial charge in [-0.25, -0.2) is 4.98 Å². The number of hydrogen-bond donors (Lipinski definition) is 2. The molecule has 2 aromatic heterocycles. The van der Waals surface area contributed by atoms with Crippen LogP contribution in [0, 0.1) is 0 Å². The van der Waals surface area contributed by atoms with Crippen LogP contribution in [0.4, 0.5) is 23.4 Å². The molecule has 3 fully saturated rings. The van der Waals surface area contributed by atoms with Crippen LogP contribution in [0.25, 0.3) is 0 Å². The summed E-state index contributed by atoms with van der Waals surface area (Å²) in [7, 11) is 4.30. The van der Waals surface area contributed by atoms with E-state index in [4.69, 9.17) is 4.98 Å². The highest BCUT2D eigenvalue weighted by Gasteiger charge is 2.52. The SMILES string of the molecule is CN(C)C1CCN(c2ccc(Nc3ncc4c(n3)N3C(C4)C(=O)NCC34CCCC4)nn2)CC1. The smallest absolute Gasteiger partial charge is 0.243 e. The molecule has 10 nitrogen and oxygen atoms in total. The number of piperidine rings is 1. The zero-order chi connectivity index (χ0) is 23.3. The average Bonchev–Trinajstić information content (AvgIpc) is 3.48. The summed E-state index contributed by atoms with van der Waals surface area (Å²) in [6.45, 7) is 2.68. The number of carbonyl (C=O) groups is 1. The summed E-state index contributed by atoms with van der Waals surface area (Å²) >= 11 is 0. The van der Waals surface area contributed by atoms with Crippen molar-refractivity contribution in [3.8, 4) is 0 Å². The first kappa shape index (κ1) is 21.5. The third-order valence-electron chi connectivity index (χ3n) is 8.14. The molecule has 1 atom stereocenters. The lowest BCUT2D eigenvalue weighted by Gasteiger charge is -2.47. The molecular formula is C24H33N9O. The van der Waals surface area contributed by atoms with Gasteiger partial charge in [-0.05, 0) is 51.9 Å². The minimum absolute atomic E-state index is 0.0169. The molecule has 0 aromatic carbocycles. The third kappa shape index (κ3) is 3.64. The molecule has 0 bridgehead atoms. The summed E-state index contributed by atoms with van der Waals surface area (Å²) < 4.78 is 0. The summed E-state index contributed by atoms with van der Waals surface area (Å²) in [5.74, 6) is 3.01. The fourth-order valence-corrected chi connectivity index (χ4v) is 6.21. The summed E-state index contributed by atoms with van der Waals surface area (Å²) in [6.07, 6.45) is 9.36. The van der Waals surface area contributed by atoms with Gasteiger partial charge in [-0.15, -0.1) is 10.2 Å². The molecule has 1 aliphatic carbocycles. The van der Waals surface area contributed by atoms with Gasteiger partial charge in [0.05, 0.1) is 5.54 Å². The normalized spacial score (nSPS) is 23.9. The number of aromatic nitrogens is 4. The van der Waals surface area contributed by atoms with Crippen molar-refractivity contribution in [3.05, 3.63) is 23.9 Å². The van der Waals surface area contributed by atoms with E-state index in [0.29, 0.717) is 30.8 Å². The Balaban J connectivity index is 1.18. The molecule has 10 heteroatoms. The molecule has 1 saturated carbocycles. The molecule has 2 saturated heterocycles. The van der Waals surface area contributed by atoms with Crippen molar-refractivity contribution in [1.82, 2.24) is 30.4 Å². The molecule has 2 N–H and O–H groups in total. The van der Waals surface area contributed by atoms with Crippen molar-refractivity contribution >= 4 is 29.3 Å². The summed E-state index contributed by atoms with van der Waals surface area (Å²) in [4.78, 5) is 28.9. The standard InChI is InChI=1S/C24H33N9O/c1-31(2)17-7-11-32(12-8-17)20-6-5-19(29-30-20)27-23-25-14-16-13-18-22(34)26-15-24(9-3-4-10-24)33(18)21(16)28-23/h5-6,14,17-18H,3-4,7-13,15H2,1-2H3,(H,26,34)(H,25,27,28,29). The Morgan fingerprint density at radius 1 is 1.15 bits per heavy atom. The molecule has 180 valence electrons. The predicted octanol–water partition coefficient (Wildman–Crippen LogP) is 1.71. The number of piperazine rings is 1. The molecule has 0 radical (unpaired) electrons. The van der Waals surface area contributed by atoms with Crippen LogP contribution in [0.1, 0.15) is 44.1 Å². The highest BCUT2D eigenvalue weighted by molar-refractivity contribution is 5.90. The highest BCUT2D eigenvalue weighted by atomic mass is 16.2. The Morgan fingerprint density at radius 3 is 2.65 bits per heavy atom. The van der Waals surface area contributed by atoms with Gasteiger partial charge in [-0.3, -0.25) is 4.79 Å². The number of rotatable bonds is 4. The Morgan fingerprint density at radius 2 is 1.94 bits per heavy atom. The van der Waals surface area contributed by atoms with E-state index in [0.717, 1.165) is 56.0 Å². The number of nitrogens with one attached hydrogen (secondary N) is 2. The van der Waals surface area contributed by atoms with E-state index in [9.17, 15) is 4.79 Å². The maximum Gasteiger partial charge on any atom is 0.243 e. The third-order valence-corrected chi connectivity index (χ3v) is 8.14. The molecule has 34 heavy (non-hydrogen) atoms. The van der Waals surface area contributed by atoms with Crippen molar-refractivity contribution in [2.75, 3.05) is 48.8 Å². The van der Waals surface area contributed by atoms with Crippen molar-refractivity contribution in [1.29, 1.82) is 0 Å². The first-order chi connectivity index (χ1) is 16.5. The molecule has 1 unspecified atom stereocenters. The molecule has 3 aliphatic heterocycles. The van der Waals surface area contributed by atoms with Gasteiger partial charge in [-0.2, -0.15) is 4.98 Å². The first-order valence-electron chi connectivity index (χ1n) is 12.5. The number of carbonyl (C=O) groups excluding carboxylic acids is 1. The van der Waals surface area contributed by atoms with E-state index < -0.39 is 0 Å². The van der Waals surface area contributed by atoms with Gasteiger partial charge in [0.15, 0.2) is 11.6 Å². The van der Waals surface area contributed by atoms with E-state index >= 15 is 0 Å². The lowest BCUT2D eigenvalue weighted by atomic mass is 9.90. The lowest BCUT2D eigenvalue weighted by molar-refractivity contribution is -0.124. The van der Waals surface area contributed by atoms with E-state index in [1.807, 2.05) is 18.3 Å². The van der Waals surface area contributed by atoms with Gasteiger partial charge in [0, 0.05) is 43.9 Å². The van der Waals surface area contributed by atoms with E-state index in [2.05, 4.69) is 54.6 Å². The number of nitrogens with zero attached hydrogens (tertiary/aromatic N) is 7. The highest BCUT2D eigenvalue weighted by Crippen LogP contribution is 2.45. The Bertz CT molecular complexity index is 1060. The van der Waals surface area contributed by atoms with Crippen LogP contribution in [0.2, 0.25) is 0 Å². The maximum atomic E-state index is 12.6. The van der Waals surface area contributed by atoms with Crippen LogP contribution < -0.4 is 20.4 Å². The number of anilines is 4. The maximum absolute atomic E-state index is 12.6. The van der Waals surface area contributed by atoms with Gasteiger partial charge in [-0.1, -0.05) is 12.8 Å². The minimum atomic E-state index is -0.179. The fourth-order valence-electron chi connectivity index (χ4n) is 6.21. The predicted molar refractivity (Wildman–Crippen MR) is 130 cm³/mol. The van der Waals surface area contributed by atoms with Gasteiger partial charge >= 0.3 is 0 Å². The van der Waals surface area contributed by atoms with Gasteiger partial charge < -0.3 is 25.3 Å². The molecule has 5 heterocycles. The second-order valence-electron chi connectivity index (χ2n) is 10.4. The van der Waals surface area contributed by atoms with Crippen LogP contribution in [-0.2, 0) is 11.2 Å². The zero-order valence-corrected chi connectivity index (χ0v) is 20.0. The Labute approximate surface area is 200 Å². The van der Waals surface area contributed by atoms with Gasteiger partial charge in [0.1, 0.15) is 11.9 Å². The van der Waals surface area contributed by atoms with Crippen molar-refractivity contribution in [3.63, 3.8) is 0 Å². The Kier molecular flexibility index (Phi) is 5.28. The zero-order valence-electron chi connectivity index (χ0n) is 20.0. The fraction of sp³-hybridized carbons (Fsp3) is 0.625. The molecule has 1 amide bonds. The second kappa shape index (κ2) is 8.33. The van der Waals surface area contributed by atoms with Crippen molar-refractivity contribution < 1.29 is 4.79 Å². The van der Waals surface area contributed by atoms with E-state index in [1.165, 1.54) is 12.8 Å². The number of fused-ring (bicyclic) bond motifs is 4. The summed E-state index contributed by atoms with van der Waals surface area (Å²) in [6, 6.07) is 4.40. The van der Waals surface area contributed by atoms with Gasteiger partial charge in [0.25, 0.3) is 0 Å². The molecule has 1 spiro atoms. The first-order valence-corrected chi connectivity index (χ1v) is 12.5. The average molecular weight is 464 g/mol. The van der Waals surface area contributed by atoms with E-state index in [-0.39, 0.29) is 17.5 Å². The van der Waals surface area contributed by atoms with Crippen LogP contribution >= 0.6 is 0 Å². The minimum Gasteiger partial charge on any atom is -0.355 e. The Hall–Kier alpha value is -3.01. The lowest BCUT2D eigenvalue weighted by Crippen LogP contribution is -2.66. The van der Waals surface area contributed by atoms with Crippen LogP contribution in [0.5, 0.6) is 0 Å². The summed E-state index contributed by atoms with van der Waals surface area (Å²) in [5, 5.41) is 15.2. The van der Waals surface area contributed by atoms with Crippen molar-refractivity contribution in [2.45, 2.75) is 62.6 Å². The van der Waals surface area contributed by atoms with Crippen molar-refractivity contribution in [2.24, 2.45) is 0 Å².